The van der Waals surface area contributed by atoms with Crippen LogP contribution in [0.15, 0.2) is 48.5 Å². The first-order chi connectivity index (χ1) is 14.4. The third-order valence-electron chi connectivity index (χ3n) is 5.37. The number of carbonyl (C=O) groups is 4. The zero-order valence-corrected chi connectivity index (χ0v) is 17.2. The van der Waals surface area contributed by atoms with E-state index in [9.17, 15) is 19.2 Å². The highest BCUT2D eigenvalue weighted by Gasteiger charge is 2.36. The van der Waals surface area contributed by atoms with Gasteiger partial charge in [-0.25, -0.2) is 4.79 Å². The first kappa shape index (κ1) is 21.2. The van der Waals surface area contributed by atoms with Crippen molar-refractivity contribution in [3.05, 3.63) is 70.8 Å². The van der Waals surface area contributed by atoms with Gasteiger partial charge in [-0.15, -0.1) is 0 Å². The Morgan fingerprint density at radius 3 is 2.33 bits per heavy atom. The fourth-order valence-electron chi connectivity index (χ4n) is 3.36. The fourth-order valence-corrected chi connectivity index (χ4v) is 3.36. The predicted octanol–water partition coefficient (Wildman–Crippen LogP) is 2.80. The van der Waals surface area contributed by atoms with Crippen LogP contribution in [0.2, 0.25) is 0 Å². The molecule has 0 aromatic heterocycles. The van der Waals surface area contributed by atoms with E-state index < -0.39 is 29.7 Å². The van der Waals surface area contributed by atoms with Crippen molar-refractivity contribution < 1.29 is 23.9 Å². The van der Waals surface area contributed by atoms with Gasteiger partial charge in [-0.3, -0.25) is 19.3 Å². The number of amides is 3. The normalized spacial score (nSPS) is 14.8. The second kappa shape index (κ2) is 8.90. The summed E-state index contributed by atoms with van der Waals surface area (Å²) in [5.74, 6) is -1.99. The summed E-state index contributed by atoms with van der Waals surface area (Å²) in [7, 11) is 1.27. The first-order valence-corrected chi connectivity index (χ1v) is 9.80. The third kappa shape index (κ3) is 4.10. The molecule has 0 spiro atoms. The van der Waals surface area contributed by atoms with Crippen LogP contribution in [0, 0.1) is 5.92 Å². The van der Waals surface area contributed by atoms with E-state index in [0.717, 1.165) is 10.5 Å². The number of nitrogens with one attached hydrogen (secondary N) is 1. The summed E-state index contributed by atoms with van der Waals surface area (Å²) in [6, 6.07) is 12.8. The number of nitrogens with zero attached hydrogens (tertiary/aromatic N) is 1. The number of hydrogen-bond donors (Lipinski definition) is 1. The molecular formula is C23H24N2O5. The van der Waals surface area contributed by atoms with Crippen LogP contribution >= 0.6 is 0 Å². The van der Waals surface area contributed by atoms with Crippen molar-refractivity contribution in [3.8, 4) is 0 Å². The van der Waals surface area contributed by atoms with Gasteiger partial charge in [0.05, 0.1) is 24.8 Å². The lowest BCUT2D eigenvalue weighted by atomic mass is 9.98. The first-order valence-electron chi connectivity index (χ1n) is 9.80. The van der Waals surface area contributed by atoms with Crippen molar-refractivity contribution in [1.82, 2.24) is 10.2 Å². The van der Waals surface area contributed by atoms with E-state index in [2.05, 4.69) is 5.32 Å². The van der Waals surface area contributed by atoms with Crippen LogP contribution in [0.1, 0.15) is 56.9 Å². The molecule has 0 aliphatic carbocycles. The molecular weight excluding hydrogens is 384 g/mol. The van der Waals surface area contributed by atoms with Crippen LogP contribution < -0.4 is 5.32 Å². The zero-order valence-electron chi connectivity index (χ0n) is 17.2. The maximum Gasteiger partial charge on any atom is 0.328 e. The average molecular weight is 408 g/mol. The van der Waals surface area contributed by atoms with Crippen molar-refractivity contribution in [3.63, 3.8) is 0 Å². The molecule has 2 atom stereocenters. The molecule has 0 saturated carbocycles. The van der Waals surface area contributed by atoms with Gasteiger partial charge in [-0.2, -0.15) is 0 Å². The van der Waals surface area contributed by atoms with Gasteiger partial charge in [-0.05, 0) is 29.7 Å². The molecule has 0 unspecified atom stereocenters. The minimum Gasteiger partial charge on any atom is -0.467 e. The topological polar surface area (TPSA) is 92.8 Å². The molecule has 1 N–H and O–H groups in total. The molecule has 3 amide bonds. The van der Waals surface area contributed by atoms with Crippen molar-refractivity contribution in [1.29, 1.82) is 0 Å². The Morgan fingerprint density at radius 1 is 1.03 bits per heavy atom. The molecule has 0 bridgehead atoms. The lowest BCUT2D eigenvalue weighted by Gasteiger charge is -2.21. The summed E-state index contributed by atoms with van der Waals surface area (Å²) in [5.41, 5.74) is 1.48. The average Bonchev–Trinajstić information content (AvgIpc) is 3.01. The molecule has 2 aromatic carbocycles. The number of rotatable bonds is 7. The van der Waals surface area contributed by atoms with E-state index in [-0.39, 0.29) is 29.2 Å². The van der Waals surface area contributed by atoms with Crippen LogP contribution in [-0.2, 0) is 16.1 Å². The van der Waals surface area contributed by atoms with Gasteiger partial charge in [0.25, 0.3) is 17.7 Å². The maximum absolute atomic E-state index is 12.8. The molecule has 1 aliphatic rings. The zero-order chi connectivity index (χ0) is 21.8. The predicted molar refractivity (Wildman–Crippen MR) is 110 cm³/mol. The van der Waals surface area contributed by atoms with Crippen molar-refractivity contribution >= 4 is 23.7 Å². The molecule has 30 heavy (non-hydrogen) atoms. The third-order valence-corrected chi connectivity index (χ3v) is 5.37. The van der Waals surface area contributed by atoms with Gasteiger partial charge in [0.2, 0.25) is 0 Å². The number of benzene rings is 2. The van der Waals surface area contributed by atoms with Crippen LogP contribution in [-0.4, -0.2) is 41.7 Å². The number of imide groups is 1. The van der Waals surface area contributed by atoms with Gasteiger partial charge in [0.15, 0.2) is 0 Å². The molecule has 3 rings (SSSR count). The number of carbonyl (C=O) groups excluding carboxylic acids is 4. The Labute approximate surface area is 175 Å². The van der Waals surface area contributed by atoms with Gasteiger partial charge in [-0.1, -0.05) is 50.6 Å². The second-order valence-electron chi connectivity index (χ2n) is 7.30. The van der Waals surface area contributed by atoms with Gasteiger partial charge in [0.1, 0.15) is 6.04 Å². The summed E-state index contributed by atoms with van der Waals surface area (Å²) >= 11 is 0. The van der Waals surface area contributed by atoms with Crippen molar-refractivity contribution in [2.24, 2.45) is 5.92 Å². The van der Waals surface area contributed by atoms with Crippen LogP contribution in [0.25, 0.3) is 0 Å². The number of methoxy groups -OCH3 is 1. The number of esters is 1. The summed E-state index contributed by atoms with van der Waals surface area (Å²) in [6.45, 7) is 3.91. The lowest BCUT2D eigenvalue weighted by molar-refractivity contribution is -0.144. The quantitative estimate of drug-likeness (QED) is 0.562. The molecule has 1 aliphatic heterocycles. The molecule has 2 aromatic rings. The van der Waals surface area contributed by atoms with E-state index in [4.69, 9.17) is 4.74 Å². The van der Waals surface area contributed by atoms with Gasteiger partial charge < -0.3 is 10.1 Å². The monoisotopic (exact) mass is 408 g/mol. The van der Waals surface area contributed by atoms with E-state index in [0.29, 0.717) is 6.42 Å². The van der Waals surface area contributed by atoms with E-state index in [1.807, 2.05) is 44.2 Å². The van der Waals surface area contributed by atoms with E-state index >= 15 is 0 Å². The molecule has 0 fully saturated rings. The molecule has 0 radical (unpaired) electrons. The van der Waals surface area contributed by atoms with E-state index in [1.54, 1.807) is 0 Å². The molecule has 156 valence electrons. The molecule has 0 saturated heterocycles. The molecule has 7 nitrogen and oxygen atoms in total. The SMILES string of the molecule is CC[C@@H](C)[C@H](NC(=O)c1ccc2c(c1)C(=O)N(Cc1ccccc1)C2=O)C(=O)OC. The number of ether oxygens (including phenoxy) is 1. The van der Waals surface area contributed by atoms with Crippen LogP contribution in [0.3, 0.4) is 0 Å². The smallest absolute Gasteiger partial charge is 0.328 e. The summed E-state index contributed by atoms with van der Waals surface area (Å²) in [4.78, 5) is 51.4. The largest absolute Gasteiger partial charge is 0.467 e. The number of hydrogen-bond acceptors (Lipinski definition) is 5. The summed E-state index contributed by atoms with van der Waals surface area (Å²) < 4.78 is 4.79. The standard InChI is InChI=1S/C23H24N2O5/c1-4-14(2)19(23(29)30-3)24-20(26)16-10-11-17-18(12-16)22(28)25(21(17)27)13-15-8-6-5-7-9-15/h5-12,14,19H,4,13H2,1-3H3,(H,24,26)/t14-,19+/m1/s1. The van der Waals surface area contributed by atoms with Crippen LogP contribution in [0.5, 0.6) is 0 Å². The second-order valence-corrected chi connectivity index (χ2v) is 7.30. The summed E-state index contributed by atoms with van der Waals surface area (Å²) in [5, 5.41) is 2.68. The van der Waals surface area contributed by atoms with Crippen molar-refractivity contribution in [2.45, 2.75) is 32.9 Å². The Kier molecular flexibility index (Phi) is 6.30. The maximum atomic E-state index is 12.8. The molecule has 7 heteroatoms. The minimum atomic E-state index is -0.798. The van der Waals surface area contributed by atoms with Crippen LogP contribution in [0.4, 0.5) is 0 Å². The molecule has 1 heterocycles. The van der Waals surface area contributed by atoms with Crippen molar-refractivity contribution in [2.75, 3.05) is 7.11 Å². The highest BCUT2D eigenvalue weighted by molar-refractivity contribution is 6.22. The number of fused-ring (bicyclic) bond motifs is 1. The Bertz CT molecular complexity index is 986. The van der Waals surface area contributed by atoms with E-state index in [1.165, 1.54) is 25.3 Å². The van der Waals surface area contributed by atoms with Gasteiger partial charge >= 0.3 is 5.97 Å². The highest BCUT2D eigenvalue weighted by atomic mass is 16.5. The minimum absolute atomic E-state index is 0.125. The Balaban J connectivity index is 1.82. The van der Waals surface area contributed by atoms with Gasteiger partial charge in [0, 0.05) is 5.56 Å². The fraction of sp³-hybridized carbons (Fsp3) is 0.304. The summed E-state index contributed by atoms with van der Waals surface area (Å²) in [6.07, 6.45) is 0.672. The Hall–Kier alpha value is -3.48. The Morgan fingerprint density at radius 2 is 1.70 bits per heavy atom. The highest BCUT2D eigenvalue weighted by Crippen LogP contribution is 2.26. The lowest BCUT2D eigenvalue weighted by Crippen LogP contribution is -2.45.